The summed E-state index contributed by atoms with van der Waals surface area (Å²) in [6.45, 7) is 6.32. The lowest BCUT2D eigenvalue weighted by Crippen LogP contribution is -2.31. The summed E-state index contributed by atoms with van der Waals surface area (Å²) in [4.78, 5) is 2.29. The molecule has 0 heterocycles. The zero-order valence-corrected chi connectivity index (χ0v) is 11.7. The summed E-state index contributed by atoms with van der Waals surface area (Å²) in [6.07, 6.45) is 0.560. The molecule has 3 heteroatoms. The highest BCUT2D eigenvalue weighted by atomic mass is 15.1. The van der Waals surface area contributed by atoms with Crippen LogP contribution in [0.4, 0.5) is 0 Å². The molecule has 1 rings (SSSR count). The van der Waals surface area contributed by atoms with Gasteiger partial charge in [-0.05, 0) is 31.5 Å². The van der Waals surface area contributed by atoms with Gasteiger partial charge < -0.3 is 5.73 Å². The first-order valence-electron chi connectivity index (χ1n) is 6.56. The standard InChI is InChI=1S/C16H21N3/c1-14(2)19(11-5-10-18)13-16-7-3-6-15(12-16)8-4-9-17/h3,6-7,12,14H,5,9,11,13,17H2,1-2H3. The third kappa shape index (κ3) is 5.57. The predicted molar refractivity (Wildman–Crippen MR) is 78.2 cm³/mol. The van der Waals surface area contributed by atoms with E-state index in [-0.39, 0.29) is 0 Å². The topological polar surface area (TPSA) is 53.0 Å². The lowest BCUT2D eigenvalue weighted by atomic mass is 10.1. The van der Waals surface area contributed by atoms with Crippen molar-refractivity contribution >= 4 is 0 Å². The molecule has 0 aliphatic heterocycles. The second-order valence-corrected chi connectivity index (χ2v) is 4.68. The Bertz CT molecular complexity index is 489. The summed E-state index contributed by atoms with van der Waals surface area (Å²) in [6, 6.07) is 10.8. The van der Waals surface area contributed by atoms with Gasteiger partial charge in [0.15, 0.2) is 0 Å². The van der Waals surface area contributed by atoms with E-state index in [1.54, 1.807) is 0 Å². The number of hydrogen-bond donors (Lipinski definition) is 1. The molecule has 3 nitrogen and oxygen atoms in total. The van der Waals surface area contributed by atoms with Crippen LogP contribution >= 0.6 is 0 Å². The number of benzene rings is 1. The Kier molecular flexibility index (Phi) is 6.68. The van der Waals surface area contributed by atoms with Gasteiger partial charge in [-0.3, -0.25) is 4.90 Å². The van der Waals surface area contributed by atoms with Crippen LogP contribution in [0.15, 0.2) is 24.3 Å². The van der Waals surface area contributed by atoms with Crippen LogP contribution in [-0.4, -0.2) is 24.0 Å². The van der Waals surface area contributed by atoms with Crippen LogP contribution in [0.5, 0.6) is 0 Å². The molecule has 0 saturated heterocycles. The monoisotopic (exact) mass is 255 g/mol. The largest absolute Gasteiger partial charge is 0.320 e. The Hall–Kier alpha value is -1.81. The maximum absolute atomic E-state index is 8.70. The molecule has 0 bridgehead atoms. The molecule has 19 heavy (non-hydrogen) atoms. The zero-order valence-electron chi connectivity index (χ0n) is 11.7. The van der Waals surface area contributed by atoms with Gasteiger partial charge in [-0.2, -0.15) is 5.26 Å². The molecule has 0 saturated carbocycles. The molecule has 0 unspecified atom stereocenters. The smallest absolute Gasteiger partial charge is 0.0635 e. The van der Waals surface area contributed by atoms with Crippen LogP contribution in [0.25, 0.3) is 0 Å². The lowest BCUT2D eigenvalue weighted by Gasteiger charge is -2.25. The van der Waals surface area contributed by atoms with Crippen LogP contribution < -0.4 is 5.73 Å². The maximum atomic E-state index is 8.70. The highest BCUT2D eigenvalue weighted by molar-refractivity contribution is 5.37. The van der Waals surface area contributed by atoms with E-state index in [0.29, 0.717) is 19.0 Å². The number of nitrogens with zero attached hydrogens (tertiary/aromatic N) is 2. The fraction of sp³-hybridized carbons (Fsp3) is 0.438. The number of rotatable bonds is 5. The number of nitriles is 1. The molecular weight excluding hydrogens is 234 g/mol. The molecule has 0 radical (unpaired) electrons. The Morgan fingerprint density at radius 3 is 2.79 bits per heavy atom. The SMILES string of the molecule is CC(C)N(CCC#N)Cc1cccc(C#CCN)c1. The molecule has 0 aromatic heterocycles. The van der Waals surface area contributed by atoms with Gasteiger partial charge in [-0.1, -0.05) is 24.0 Å². The van der Waals surface area contributed by atoms with Gasteiger partial charge in [0.25, 0.3) is 0 Å². The Morgan fingerprint density at radius 1 is 1.37 bits per heavy atom. The maximum Gasteiger partial charge on any atom is 0.0635 e. The molecule has 1 aromatic rings. The van der Waals surface area contributed by atoms with E-state index in [1.165, 1.54) is 5.56 Å². The van der Waals surface area contributed by atoms with E-state index < -0.39 is 0 Å². The third-order valence-electron chi connectivity index (χ3n) is 2.89. The summed E-state index contributed by atoms with van der Waals surface area (Å²) in [5.74, 6) is 5.91. The van der Waals surface area contributed by atoms with Crippen molar-refractivity contribution < 1.29 is 0 Å². The predicted octanol–water partition coefficient (Wildman–Crippen LogP) is 2.12. The summed E-state index contributed by atoms with van der Waals surface area (Å²) < 4.78 is 0. The van der Waals surface area contributed by atoms with Crippen LogP contribution in [-0.2, 0) is 6.54 Å². The molecule has 0 aliphatic rings. The van der Waals surface area contributed by atoms with Gasteiger partial charge in [-0.15, -0.1) is 0 Å². The first kappa shape index (κ1) is 15.2. The summed E-state index contributed by atoms with van der Waals surface area (Å²) >= 11 is 0. The van der Waals surface area contributed by atoms with E-state index >= 15 is 0 Å². The van der Waals surface area contributed by atoms with Crippen molar-refractivity contribution in [1.82, 2.24) is 4.90 Å². The third-order valence-corrected chi connectivity index (χ3v) is 2.89. The van der Waals surface area contributed by atoms with Crippen LogP contribution in [0.1, 0.15) is 31.4 Å². The fourth-order valence-corrected chi connectivity index (χ4v) is 1.85. The molecule has 0 fully saturated rings. The van der Waals surface area contributed by atoms with Gasteiger partial charge in [0.2, 0.25) is 0 Å². The minimum Gasteiger partial charge on any atom is -0.320 e. The van der Waals surface area contributed by atoms with Crippen molar-refractivity contribution in [2.75, 3.05) is 13.1 Å². The van der Waals surface area contributed by atoms with Gasteiger partial charge in [0.05, 0.1) is 12.6 Å². The van der Waals surface area contributed by atoms with E-state index in [2.05, 4.69) is 48.8 Å². The first-order valence-corrected chi connectivity index (χ1v) is 6.56. The van der Waals surface area contributed by atoms with Crippen molar-refractivity contribution in [3.8, 4) is 17.9 Å². The summed E-state index contributed by atoms with van der Waals surface area (Å²) in [5, 5.41) is 8.70. The molecule has 1 aromatic carbocycles. The molecule has 100 valence electrons. The fourth-order valence-electron chi connectivity index (χ4n) is 1.85. The molecule has 0 aliphatic carbocycles. The number of nitrogens with two attached hydrogens (primary N) is 1. The van der Waals surface area contributed by atoms with E-state index in [1.807, 2.05) is 12.1 Å². The zero-order chi connectivity index (χ0) is 14.1. The van der Waals surface area contributed by atoms with Crippen molar-refractivity contribution in [2.24, 2.45) is 5.73 Å². The summed E-state index contributed by atoms with van der Waals surface area (Å²) in [7, 11) is 0. The second-order valence-electron chi connectivity index (χ2n) is 4.68. The lowest BCUT2D eigenvalue weighted by molar-refractivity contribution is 0.218. The molecule has 2 N–H and O–H groups in total. The van der Waals surface area contributed by atoms with Crippen molar-refractivity contribution in [3.63, 3.8) is 0 Å². The van der Waals surface area contributed by atoms with Crippen LogP contribution in [0.3, 0.4) is 0 Å². The van der Waals surface area contributed by atoms with Gasteiger partial charge in [0, 0.05) is 31.1 Å². The van der Waals surface area contributed by atoms with E-state index in [9.17, 15) is 0 Å². The van der Waals surface area contributed by atoms with Crippen molar-refractivity contribution in [1.29, 1.82) is 5.26 Å². The Labute approximate surface area is 116 Å². The Morgan fingerprint density at radius 2 is 2.16 bits per heavy atom. The van der Waals surface area contributed by atoms with E-state index in [4.69, 9.17) is 11.0 Å². The average Bonchev–Trinajstić information content (AvgIpc) is 2.41. The highest BCUT2D eigenvalue weighted by Gasteiger charge is 2.09. The quantitative estimate of drug-likeness (QED) is 0.820. The van der Waals surface area contributed by atoms with Gasteiger partial charge in [0.1, 0.15) is 0 Å². The van der Waals surface area contributed by atoms with E-state index in [0.717, 1.165) is 18.7 Å². The molecule has 0 amide bonds. The highest BCUT2D eigenvalue weighted by Crippen LogP contribution is 2.10. The molecule has 0 spiro atoms. The second kappa shape index (κ2) is 8.32. The number of hydrogen-bond acceptors (Lipinski definition) is 3. The minimum absolute atomic E-state index is 0.379. The summed E-state index contributed by atoms with van der Waals surface area (Å²) in [5.41, 5.74) is 7.59. The van der Waals surface area contributed by atoms with Gasteiger partial charge in [-0.25, -0.2) is 0 Å². The molecule has 0 atom stereocenters. The van der Waals surface area contributed by atoms with Crippen molar-refractivity contribution in [2.45, 2.75) is 32.9 Å². The molecular formula is C16H21N3. The minimum atomic E-state index is 0.379. The van der Waals surface area contributed by atoms with Gasteiger partial charge >= 0.3 is 0 Å². The van der Waals surface area contributed by atoms with Crippen LogP contribution in [0, 0.1) is 23.2 Å². The van der Waals surface area contributed by atoms with Crippen LogP contribution in [0.2, 0.25) is 0 Å². The first-order chi connectivity index (χ1) is 9.17. The average molecular weight is 255 g/mol. The van der Waals surface area contributed by atoms with Crippen molar-refractivity contribution in [3.05, 3.63) is 35.4 Å². The Balaban J connectivity index is 2.76. The normalized spacial score (nSPS) is 10.1.